The van der Waals surface area contributed by atoms with Gasteiger partial charge < -0.3 is 304 Å². The molecule has 12 saturated heterocycles. The molecule has 5 amide bonds. The van der Waals surface area contributed by atoms with Crippen LogP contribution in [0.1, 0.15) is 34.6 Å². The van der Waals surface area contributed by atoms with Gasteiger partial charge in [-0.1, -0.05) is 0 Å². The van der Waals surface area contributed by atoms with E-state index in [1.807, 2.05) is 0 Å². The van der Waals surface area contributed by atoms with Crippen molar-refractivity contribution >= 4 is 29.5 Å². The van der Waals surface area contributed by atoms with E-state index in [1.165, 1.54) is 0 Å². The van der Waals surface area contributed by atoms with Crippen molar-refractivity contribution in [2.24, 2.45) is 0 Å². The maximum absolute atomic E-state index is 13.8. The Labute approximate surface area is 837 Å². The molecule has 12 aliphatic rings. The van der Waals surface area contributed by atoms with E-state index in [9.17, 15) is 192 Å². The minimum absolute atomic E-state index is 0.831. The number of hydrogen-bond donors (Lipinski definition) is 38. The van der Waals surface area contributed by atoms with Crippen LogP contribution in [0.25, 0.3) is 0 Å². The highest BCUT2D eigenvalue weighted by Gasteiger charge is 2.65. The van der Waals surface area contributed by atoms with Crippen molar-refractivity contribution < 1.29 is 301 Å². The molecular formula is C82H137N5O61. The molecule has 1 unspecified atom stereocenters. The Balaban J connectivity index is 1.01. The molecule has 856 valence electrons. The third-order valence-corrected chi connectivity index (χ3v) is 27.1. The van der Waals surface area contributed by atoms with E-state index in [2.05, 4.69) is 26.6 Å². The Morgan fingerprint density at radius 1 is 0.176 bits per heavy atom. The van der Waals surface area contributed by atoms with Gasteiger partial charge in [0.25, 0.3) is 0 Å². The third-order valence-electron chi connectivity index (χ3n) is 27.1. The van der Waals surface area contributed by atoms with Crippen LogP contribution in [0.5, 0.6) is 0 Å². The predicted molar refractivity (Wildman–Crippen MR) is 453 cm³/mol. The molecule has 12 fully saturated rings. The van der Waals surface area contributed by atoms with E-state index in [-0.39, 0.29) is 0 Å². The van der Waals surface area contributed by atoms with Crippen molar-refractivity contribution in [1.29, 1.82) is 0 Å². The van der Waals surface area contributed by atoms with Gasteiger partial charge in [0.05, 0.1) is 79.3 Å². The molecule has 0 aromatic carbocycles. The van der Waals surface area contributed by atoms with Crippen LogP contribution in [0.4, 0.5) is 0 Å². The molecule has 12 rings (SSSR count). The Morgan fingerprint density at radius 3 is 0.743 bits per heavy atom. The fourth-order valence-electron chi connectivity index (χ4n) is 19.2. The van der Waals surface area contributed by atoms with Gasteiger partial charge in [-0.15, -0.1) is 0 Å². The number of carbonyl (C=O) groups excluding carboxylic acids is 5. The molecule has 60 atom stereocenters. The molecule has 0 radical (unpaired) electrons. The number of aliphatic hydroxyl groups is 33. The molecule has 148 heavy (non-hydrogen) atoms. The van der Waals surface area contributed by atoms with Crippen LogP contribution in [0.2, 0.25) is 0 Å². The maximum atomic E-state index is 13.8. The smallest absolute Gasteiger partial charge is 0.217 e. The SMILES string of the molecule is CC(=O)N[C@H]1[C@H](O[C@@H]2[C@@H](O[C@@H]3[C@@H](O)[C@H](O[C@H]4[C@H](O)[C@@H](NC(C)=O)[C@H](O[C@H]5[C@H](O)[C@@H](NC(C)=O)C(O)O[C@@H]5CO)O[C@@H]4CO)O[C@H](CO[C@H]4O[C@H](CO[C@H]5O[C@H](CO)[C@@H](O)[C@H](O)[C@@H]5O)[C@@H](O)[C@H](O[C@H]5O[C@H](CO)[C@@H](O)[C@H](O)[C@@H]5O)[C@@H]4O)[C@H]3O[C@@H]3O[C@H](CO)[C@@H](O)[C@H](O)[C@H]3NC(C)=O)O[C@H](CO)[C@@H](O[C@@H]3O[C@H](CO)[C@@H](O[C@@H]4O[C@H](CO)[C@H](O)[C@H](O)[C@H]4O)[C@H](O)[C@H]3NC(C)=O)[C@@H]2O)O[C@H](CO)[C@@H](O[C@@H]2O[C@H](CO)[C@H](O)[C@H](O)[C@H]2O)[C@@H]1O. The normalized spacial score (nSPS) is 49.3. The standard InChI is InChI=1S/C82H137N5O61/c1-18(98)83-35-47(110)62(28(11-93)128-71(35)125)140-73-37(85-20(3)100)49(112)65(31(14-96)134-73)144-81-61(124)69(67(145-72-36(84-19(2)99)46(109)40(103)23(6-88)129-72)34(139-81)17-127-77-60(123)68(146-80-58(121)54(117)44(107)27(10-92)133-80)45(108)33(138-77)16-126-76-55(118)51(114)41(104)24(7-89)130-76)147-82-70(148-75-39(87-22(5)102)50(113)64(30(13-95)136-75)143-79-57(120)53(116)43(106)26(9-91)132-79)59(122)66(32(15-97)137-82)141-74-38(86-21(4)101)48(111)63(29(12-94)135-74)142-78-56(119)52(115)42(105)25(8-90)131-78/h23-82,88-97,103-125H,6-17H2,1-5H3,(H,83,98)(H,84,99)(H,85,100)(H,86,101)(H,87,102)/t23-,24-,25-,26-,27-,28-,29-,30-,31-,32-,33-,34-,35-,36-,37-,38-,39-,40-,41-,42+,43+,44-,45-,46-,47-,48-,49-,50-,51+,52+,53+,54+,55+,56-,57-,58+,59+,60+,61-,62-,63-,64-,65-,66-,67-,68+,69-,70+,71?,72+,73+,74+,75+,76+,77+,78+,79+,80-,81+,82-/m1/s1. The summed E-state index contributed by atoms with van der Waals surface area (Å²) in [6, 6.07) is -10.4. The number of ether oxygens (including phenoxy) is 23. The van der Waals surface area contributed by atoms with Crippen LogP contribution >= 0.6 is 0 Å². The molecule has 66 heteroatoms. The molecule has 66 nitrogen and oxygen atoms in total. The van der Waals surface area contributed by atoms with Crippen molar-refractivity contribution in [2.75, 3.05) is 79.3 Å². The van der Waals surface area contributed by atoms with Gasteiger partial charge in [0.15, 0.2) is 75.5 Å². The number of hydrogen-bond acceptors (Lipinski definition) is 61. The second-order valence-corrected chi connectivity index (χ2v) is 37.4. The summed E-state index contributed by atoms with van der Waals surface area (Å²) in [7, 11) is 0. The van der Waals surface area contributed by atoms with Gasteiger partial charge in [0.1, 0.15) is 293 Å². The van der Waals surface area contributed by atoms with Crippen LogP contribution in [0.15, 0.2) is 0 Å². The van der Waals surface area contributed by atoms with Crippen LogP contribution in [0.3, 0.4) is 0 Å². The van der Waals surface area contributed by atoms with Crippen LogP contribution < -0.4 is 26.6 Å². The van der Waals surface area contributed by atoms with Gasteiger partial charge in [-0.2, -0.15) is 0 Å². The largest absolute Gasteiger partial charge is 0.394 e. The number of rotatable bonds is 39. The zero-order valence-corrected chi connectivity index (χ0v) is 79.3. The van der Waals surface area contributed by atoms with Crippen LogP contribution in [-0.2, 0) is 133 Å². The Bertz CT molecular complexity index is 4130. The number of nitrogens with one attached hydrogen (secondary N) is 5. The Morgan fingerprint density at radius 2 is 0.392 bits per heavy atom. The highest BCUT2D eigenvalue weighted by molar-refractivity contribution is 5.75. The molecule has 0 spiro atoms. The van der Waals surface area contributed by atoms with Gasteiger partial charge >= 0.3 is 0 Å². The molecule has 0 aliphatic carbocycles. The molecule has 0 aromatic heterocycles. The van der Waals surface area contributed by atoms with Crippen LogP contribution in [-0.4, -0.2) is 645 Å². The summed E-state index contributed by atoms with van der Waals surface area (Å²) >= 11 is 0. The number of carbonyl (C=O) groups is 5. The van der Waals surface area contributed by atoms with Crippen LogP contribution in [0, 0.1) is 0 Å². The highest BCUT2D eigenvalue weighted by Crippen LogP contribution is 2.44. The first kappa shape index (κ1) is 122. The van der Waals surface area contributed by atoms with E-state index >= 15 is 0 Å². The summed E-state index contributed by atoms with van der Waals surface area (Å²) < 4.78 is 140. The van der Waals surface area contributed by atoms with Crippen molar-refractivity contribution in [3.05, 3.63) is 0 Å². The average molecular weight is 2170 g/mol. The minimum Gasteiger partial charge on any atom is -0.394 e. The molecular weight excluding hydrogens is 2030 g/mol. The highest BCUT2D eigenvalue weighted by atomic mass is 16.8. The van der Waals surface area contributed by atoms with Crippen molar-refractivity contribution in [1.82, 2.24) is 26.6 Å². The monoisotopic (exact) mass is 2170 g/mol. The number of amides is 5. The summed E-state index contributed by atoms with van der Waals surface area (Å²) in [5, 5.41) is 387. The topological polar surface area (TPSA) is 1030 Å². The molecule has 0 bridgehead atoms. The van der Waals surface area contributed by atoms with E-state index in [0.717, 1.165) is 34.6 Å². The van der Waals surface area contributed by atoms with E-state index in [1.54, 1.807) is 0 Å². The first-order valence-corrected chi connectivity index (χ1v) is 47.2. The van der Waals surface area contributed by atoms with Crippen molar-refractivity contribution in [2.45, 2.75) is 403 Å². The minimum atomic E-state index is -2.96. The lowest BCUT2D eigenvalue weighted by Gasteiger charge is -2.53. The van der Waals surface area contributed by atoms with Crippen molar-refractivity contribution in [3.63, 3.8) is 0 Å². The first-order chi connectivity index (χ1) is 70.1. The van der Waals surface area contributed by atoms with Crippen molar-refractivity contribution in [3.8, 4) is 0 Å². The van der Waals surface area contributed by atoms with Gasteiger partial charge in [0, 0.05) is 34.6 Å². The molecule has 12 heterocycles. The van der Waals surface area contributed by atoms with E-state index in [0.29, 0.717) is 0 Å². The molecule has 0 saturated carbocycles. The lowest BCUT2D eigenvalue weighted by Crippen LogP contribution is -2.72. The Kier molecular flexibility index (Phi) is 43.9. The van der Waals surface area contributed by atoms with Gasteiger partial charge in [-0.3, -0.25) is 24.0 Å². The van der Waals surface area contributed by atoms with Gasteiger partial charge in [-0.05, 0) is 0 Å². The third kappa shape index (κ3) is 26.9. The fraction of sp³-hybridized carbons (Fsp3) is 0.939. The summed E-state index contributed by atoms with van der Waals surface area (Å²) in [4.78, 5) is 66.4. The molecule has 38 N–H and O–H groups in total. The maximum Gasteiger partial charge on any atom is 0.217 e. The summed E-state index contributed by atoms with van der Waals surface area (Å²) in [6.07, 6.45) is -125. The fourth-order valence-corrected chi connectivity index (χ4v) is 19.2. The lowest BCUT2D eigenvalue weighted by molar-refractivity contribution is -0.414. The Hall–Kier alpha value is -4.89. The van der Waals surface area contributed by atoms with Gasteiger partial charge in [0.2, 0.25) is 29.5 Å². The zero-order valence-electron chi connectivity index (χ0n) is 79.3. The average Bonchev–Trinajstić information content (AvgIpc) is 0.759. The van der Waals surface area contributed by atoms with E-state index < -0.39 is 477 Å². The second-order valence-electron chi connectivity index (χ2n) is 37.4. The van der Waals surface area contributed by atoms with Gasteiger partial charge in [-0.25, -0.2) is 0 Å². The zero-order chi connectivity index (χ0) is 109. The van der Waals surface area contributed by atoms with E-state index in [4.69, 9.17) is 109 Å². The lowest BCUT2D eigenvalue weighted by atomic mass is 9.93. The quantitative estimate of drug-likeness (QED) is 0.0272. The second kappa shape index (κ2) is 53.4. The molecule has 0 aromatic rings. The number of aliphatic hydroxyl groups excluding tert-OH is 33. The summed E-state index contributed by atoms with van der Waals surface area (Å²) in [5.41, 5.74) is 0. The molecule has 12 aliphatic heterocycles. The summed E-state index contributed by atoms with van der Waals surface area (Å²) in [5.74, 6) is -5.21. The first-order valence-electron chi connectivity index (χ1n) is 47.2. The summed E-state index contributed by atoms with van der Waals surface area (Å²) in [6.45, 7) is -10.4. The predicted octanol–water partition coefficient (Wildman–Crippen LogP) is -26.4.